The molecule has 1 aliphatic rings. The molecule has 5 heterocycles. The van der Waals surface area contributed by atoms with E-state index in [-0.39, 0.29) is 28.4 Å². The predicted octanol–water partition coefficient (Wildman–Crippen LogP) is 4.78. The van der Waals surface area contributed by atoms with Gasteiger partial charge in [0.2, 0.25) is 0 Å². The van der Waals surface area contributed by atoms with Crippen molar-refractivity contribution in [1.82, 2.24) is 30.1 Å². The van der Waals surface area contributed by atoms with Crippen molar-refractivity contribution in [2.75, 3.05) is 5.32 Å². The van der Waals surface area contributed by atoms with Crippen LogP contribution >= 0.6 is 0 Å². The number of hydrogen-bond donors (Lipinski definition) is 1. The van der Waals surface area contributed by atoms with E-state index >= 15 is 0 Å². The topological polar surface area (TPSA) is 102 Å². The highest BCUT2D eigenvalue weighted by Gasteiger charge is 2.37. The van der Waals surface area contributed by atoms with Gasteiger partial charge in [0, 0.05) is 18.6 Å². The summed E-state index contributed by atoms with van der Waals surface area (Å²) in [5.41, 5.74) is -2.16. The van der Waals surface area contributed by atoms with E-state index in [1.165, 1.54) is 18.5 Å². The van der Waals surface area contributed by atoms with Gasteiger partial charge in [-0.15, -0.1) is 5.10 Å². The zero-order valence-corrected chi connectivity index (χ0v) is 16.6. The largest absolute Gasteiger partial charge is 0.418 e. The van der Waals surface area contributed by atoms with Gasteiger partial charge in [-0.1, -0.05) is 0 Å². The molecule has 1 atom stereocenters. The van der Waals surface area contributed by atoms with Gasteiger partial charge in [-0.25, -0.2) is 19.9 Å². The molecular weight excluding hydrogens is 466 g/mol. The Labute approximate surface area is 185 Å². The lowest BCUT2D eigenvalue weighted by Gasteiger charge is -2.13. The molecule has 1 unspecified atom stereocenters. The van der Waals surface area contributed by atoms with Crippen molar-refractivity contribution in [3.05, 3.63) is 59.7 Å². The fourth-order valence-corrected chi connectivity index (χ4v) is 3.06. The van der Waals surface area contributed by atoms with E-state index in [4.69, 9.17) is 0 Å². The first-order valence-electron chi connectivity index (χ1n) is 9.50. The van der Waals surface area contributed by atoms with Gasteiger partial charge in [0.25, 0.3) is 0 Å². The first kappa shape index (κ1) is 21.6. The van der Waals surface area contributed by atoms with Crippen LogP contribution in [0.4, 0.5) is 37.8 Å². The van der Waals surface area contributed by atoms with Gasteiger partial charge < -0.3 is 5.32 Å². The minimum atomic E-state index is -4.73. The van der Waals surface area contributed by atoms with Gasteiger partial charge in [0.05, 0.1) is 28.7 Å². The number of halogens is 6. The third-order valence-electron chi connectivity index (χ3n) is 4.76. The summed E-state index contributed by atoms with van der Waals surface area (Å²) in [6.07, 6.45) is -4.73. The van der Waals surface area contributed by atoms with Gasteiger partial charge in [0.15, 0.2) is 5.65 Å². The summed E-state index contributed by atoms with van der Waals surface area (Å²) in [6.45, 7) is 0. The van der Waals surface area contributed by atoms with E-state index in [0.29, 0.717) is 11.9 Å². The molecule has 172 valence electrons. The summed E-state index contributed by atoms with van der Waals surface area (Å²) >= 11 is 0. The molecule has 4 aromatic heterocycles. The van der Waals surface area contributed by atoms with Gasteiger partial charge in [-0.2, -0.15) is 31.4 Å². The molecule has 34 heavy (non-hydrogen) atoms. The van der Waals surface area contributed by atoms with E-state index < -0.39 is 35.2 Å². The van der Waals surface area contributed by atoms with Crippen LogP contribution in [0.2, 0.25) is 0 Å². The predicted molar refractivity (Wildman–Crippen MR) is 107 cm³/mol. The highest BCUT2D eigenvalue weighted by Crippen LogP contribution is 2.37. The zero-order chi connectivity index (χ0) is 24.1. The lowest BCUT2D eigenvalue weighted by molar-refractivity contribution is -0.138. The maximum atomic E-state index is 13.7. The maximum Gasteiger partial charge on any atom is 0.418 e. The second-order valence-corrected chi connectivity index (χ2v) is 7.11. The standard InChI is InChI=1S/C20H10F6N8/c21-19(22,23)9-1-2-15(29-6-9)31-11-3-4-27-18-17(11)30-8-14(32-18)16-10(20(24,25)26)5-12(33-34-16)13-7-28-13/h1-8,13H,(H,27,29,31,32). The number of alkyl halides is 6. The summed E-state index contributed by atoms with van der Waals surface area (Å²) < 4.78 is 79.2. The van der Waals surface area contributed by atoms with Crippen LogP contribution < -0.4 is 5.32 Å². The van der Waals surface area contributed by atoms with Crippen molar-refractivity contribution in [2.24, 2.45) is 4.99 Å². The highest BCUT2D eigenvalue weighted by molar-refractivity contribution is 5.87. The maximum absolute atomic E-state index is 13.7. The Kier molecular flexibility index (Phi) is 4.88. The number of rotatable bonds is 4. The Morgan fingerprint density at radius 2 is 1.65 bits per heavy atom. The van der Waals surface area contributed by atoms with Gasteiger partial charge >= 0.3 is 12.4 Å². The molecule has 0 fully saturated rings. The van der Waals surface area contributed by atoms with Crippen LogP contribution in [0.25, 0.3) is 22.6 Å². The van der Waals surface area contributed by atoms with Crippen molar-refractivity contribution < 1.29 is 26.3 Å². The average Bonchev–Trinajstić information content (AvgIpc) is 3.63. The summed E-state index contributed by atoms with van der Waals surface area (Å²) in [4.78, 5) is 19.8. The molecule has 1 N–H and O–H groups in total. The Hall–Kier alpha value is -4.23. The molecule has 0 radical (unpaired) electrons. The fraction of sp³-hybridized carbons (Fsp3) is 0.150. The van der Waals surface area contributed by atoms with E-state index in [1.807, 2.05) is 0 Å². The number of pyridine rings is 2. The molecular formula is C20H10F6N8. The SMILES string of the molecule is FC(F)(F)c1ccc(Nc2ccnc3nc(-c4nnc(C5C=N5)cc4C(F)(F)F)cnc23)nc1. The number of fused-ring (bicyclic) bond motifs is 1. The summed E-state index contributed by atoms with van der Waals surface area (Å²) in [6, 6.07) is 3.82. The highest BCUT2D eigenvalue weighted by atomic mass is 19.4. The summed E-state index contributed by atoms with van der Waals surface area (Å²) in [5, 5.41) is 10.3. The quantitative estimate of drug-likeness (QED) is 0.423. The molecule has 0 amide bonds. The van der Waals surface area contributed by atoms with Crippen molar-refractivity contribution in [2.45, 2.75) is 18.4 Å². The Morgan fingerprint density at radius 3 is 2.29 bits per heavy atom. The average molecular weight is 476 g/mol. The van der Waals surface area contributed by atoms with Crippen LogP contribution in [0.1, 0.15) is 22.9 Å². The van der Waals surface area contributed by atoms with Crippen LogP contribution in [0.3, 0.4) is 0 Å². The molecule has 0 saturated heterocycles. The first-order valence-corrected chi connectivity index (χ1v) is 9.50. The monoisotopic (exact) mass is 476 g/mol. The normalized spacial score (nSPS) is 15.5. The fourth-order valence-electron chi connectivity index (χ4n) is 3.06. The van der Waals surface area contributed by atoms with Gasteiger partial charge in [-0.3, -0.25) is 4.99 Å². The summed E-state index contributed by atoms with van der Waals surface area (Å²) in [5.74, 6) is 0.0921. The van der Waals surface area contributed by atoms with E-state index in [0.717, 1.165) is 24.4 Å². The molecule has 14 heteroatoms. The van der Waals surface area contributed by atoms with Crippen molar-refractivity contribution >= 4 is 28.9 Å². The number of anilines is 2. The van der Waals surface area contributed by atoms with Crippen molar-refractivity contribution in [3.63, 3.8) is 0 Å². The van der Waals surface area contributed by atoms with Crippen LogP contribution in [-0.2, 0) is 12.4 Å². The molecule has 0 saturated carbocycles. The summed E-state index contributed by atoms with van der Waals surface area (Å²) in [7, 11) is 0. The van der Waals surface area contributed by atoms with Crippen molar-refractivity contribution in [1.29, 1.82) is 0 Å². The van der Waals surface area contributed by atoms with Crippen molar-refractivity contribution in [3.8, 4) is 11.4 Å². The van der Waals surface area contributed by atoms with E-state index in [9.17, 15) is 26.3 Å². The second kappa shape index (κ2) is 7.67. The third kappa shape index (κ3) is 4.21. The molecule has 4 aromatic rings. The molecule has 5 rings (SSSR count). The van der Waals surface area contributed by atoms with E-state index in [1.54, 1.807) is 0 Å². The Morgan fingerprint density at radius 1 is 0.853 bits per heavy atom. The second-order valence-electron chi connectivity index (χ2n) is 7.11. The molecule has 0 aliphatic carbocycles. The third-order valence-corrected chi connectivity index (χ3v) is 4.76. The smallest absolute Gasteiger partial charge is 0.338 e. The minimum absolute atomic E-state index is 0.0149. The number of aliphatic imine (C=N–C) groups is 1. The Bertz CT molecular complexity index is 1410. The number of hydrogen-bond acceptors (Lipinski definition) is 8. The molecule has 0 bridgehead atoms. The number of aromatic nitrogens is 6. The van der Waals surface area contributed by atoms with Crippen LogP contribution in [0.15, 0.2) is 47.8 Å². The Balaban J connectivity index is 1.50. The zero-order valence-electron chi connectivity index (χ0n) is 16.6. The molecule has 8 nitrogen and oxygen atoms in total. The van der Waals surface area contributed by atoms with E-state index in [2.05, 4.69) is 40.4 Å². The molecule has 0 spiro atoms. The van der Waals surface area contributed by atoms with Gasteiger partial charge in [0.1, 0.15) is 28.8 Å². The molecule has 0 aromatic carbocycles. The lowest BCUT2D eigenvalue weighted by atomic mass is 10.1. The minimum Gasteiger partial charge on any atom is -0.338 e. The number of nitrogens with one attached hydrogen (secondary N) is 1. The first-order chi connectivity index (χ1) is 16.1. The van der Waals surface area contributed by atoms with Crippen LogP contribution in [0.5, 0.6) is 0 Å². The van der Waals surface area contributed by atoms with Crippen LogP contribution in [-0.4, -0.2) is 36.3 Å². The van der Waals surface area contributed by atoms with Crippen LogP contribution in [0, 0.1) is 0 Å². The number of nitrogens with zero attached hydrogens (tertiary/aromatic N) is 7. The lowest BCUT2D eigenvalue weighted by Crippen LogP contribution is -2.12. The van der Waals surface area contributed by atoms with Gasteiger partial charge in [-0.05, 0) is 24.3 Å². The molecule has 1 aliphatic heterocycles.